The molecule has 2 fully saturated rings. The molecule has 0 spiro atoms. The van der Waals surface area contributed by atoms with Crippen molar-refractivity contribution in [2.45, 2.75) is 38.6 Å². The van der Waals surface area contributed by atoms with E-state index in [0.717, 1.165) is 44.3 Å². The summed E-state index contributed by atoms with van der Waals surface area (Å²) in [7, 11) is 0. The number of hydroxylamine groups is 1. The molecule has 2 N–H and O–H groups in total. The number of carbonyl (C=O) groups is 2. The summed E-state index contributed by atoms with van der Waals surface area (Å²) < 4.78 is 0. The third kappa shape index (κ3) is 4.24. The highest BCUT2D eigenvalue weighted by atomic mass is 16.5. The molecule has 1 aromatic carbocycles. The fourth-order valence-corrected chi connectivity index (χ4v) is 4.12. The molecule has 0 aliphatic carbocycles. The number of amides is 2. The van der Waals surface area contributed by atoms with Crippen LogP contribution in [0.1, 0.15) is 44.2 Å². The van der Waals surface area contributed by atoms with E-state index in [0.29, 0.717) is 19.0 Å². The van der Waals surface area contributed by atoms with Gasteiger partial charge in [-0.25, -0.2) is 5.48 Å². The second kappa shape index (κ2) is 8.64. The Hall–Kier alpha value is -1.92. The molecule has 142 valence electrons. The first-order valence-corrected chi connectivity index (χ1v) is 9.62. The van der Waals surface area contributed by atoms with Crippen LogP contribution in [0.25, 0.3) is 0 Å². The molecule has 1 atom stereocenters. The molecule has 1 unspecified atom stereocenters. The standard InChI is InChI=1S/C20H29N3O3/c1-15-7-11-23(12-8-15)20(25)17-9-13-22(14-10-17)18(19(24)21-26)16-5-3-2-4-6-16/h2-6,15,17-18,26H,7-14H2,1H3,(H,21,24). The molecular weight excluding hydrogens is 330 g/mol. The molecule has 1 aromatic rings. The average molecular weight is 359 g/mol. The van der Waals surface area contributed by atoms with Gasteiger partial charge in [-0.2, -0.15) is 0 Å². The first kappa shape index (κ1) is 18.9. The van der Waals surface area contributed by atoms with Gasteiger partial charge in [0.05, 0.1) is 0 Å². The minimum Gasteiger partial charge on any atom is -0.342 e. The van der Waals surface area contributed by atoms with Crippen LogP contribution >= 0.6 is 0 Å². The second-order valence-corrected chi connectivity index (χ2v) is 7.61. The smallest absolute Gasteiger partial charge is 0.265 e. The predicted octanol–water partition coefficient (Wildman–Crippen LogP) is 2.20. The number of rotatable bonds is 4. The van der Waals surface area contributed by atoms with Crippen molar-refractivity contribution < 1.29 is 14.8 Å². The summed E-state index contributed by atoms with van der Waals surface area (Å²) >= 11 is 0. The highest BCUT2D eigenvalue weighted by molar-refractivity contribution is 5.82. The van der Waals surface area contributed by atoms with Crippen molar-refractivity contribution in [2.24, 2.45) is 11.8 Å². The number of hydrogen-bond donors (Lipinski definition) is 2. The van der Waals surface area contributed by atoms with Crippen LogP contribution in [0.4, 0.5) is 0 Å². The van der Waals surface area contributed by atoms with Gasteiger partial charge >= 0.3 is 0 Å². The number of carbonyl (C=O) groups excluding carboxylic acids is 2. The zero-order chi connectivity index (χ0) is 18.5. The van der Waals surface area contributed by atoms with Crippen molar-refractivity contribution in [3.8, 4) is 0 Å². The molecule has 0 aromatic heterocycles. The second-order valence-electron chi connectivity index (χ2n) is 7.61. The Bertz CT molecular complexity index is 606. The first-order valence-electron chi connectivity index (χ1n) is 9.62. The lowest BCUT2D eigenvalue weighted by Crippen LogP contribution is -2.48. The minimum atomic E-state index is -0.520. The Morgan fingerprint density at radius 3 is 2.23 bits per heavy atom. The zero-order valence-electron chi connectivity index (χ0n) is 15.4. The van der Waals surface area contributed by atoms with E-state index in [2.05, 4.69) is 11.8 Å². The molecule has 2 amide bonds. The summed E-state index contributed by atoms with van der Waals surface area (Å²) in [6.45, 7) is 5.34. The van der Waals surface area contributed by atoms with Crippen molar-refractivity contribution in [2.75, 3.05) is 26.2 Å². The summed E-state index contributed by atoms with van der Waals surface area (Å²) in [5.74, 6) is 0.614. The predicted molar refractivity (Wildman–Crippen MR) is 98.4 cm³/mol. The molecular formula is C20H29N3O3. The molecule has 2 heterocycles. The van der Waals surface area contributed by atoms with Crippen molar-refractivity contribution in [1.29, 1.82) is 0 Å². The summed E-state index contributed by atoms with van der Waals surface area (Å²) in [5, 5.41) is 9.14. The van der Waals surface area contributed by atoms with Crippen LogP contribution in [0.2, 0.25) is 0 Å². The van der Waals surface area contributed by atoms with E-state index in [1.165, 1.54) is 0 Å². The molecule has 0 saturated carbocycles. The average Bonchev–Trinajstić information content (AvgIpc) is 2.69. The van der Waals surface area contributed by atoms with Crippen molar-refractivity contribution >= 4 is 11.8 Å². The van der Waals surface area contributed by atoms with Gasteiger partial charge in [0, 0.05) is 19.0 Å². The quantitative estimate of drug-likeness (QED) is 0.639. The highest BCUT2D eigenvalue weighted by Crippen LogP contribution is 2.29. The summed E-state index contributed by atoms with van der Waals surface area (Å²) in [4.78, 5) is 29.1. The van der Waals surface area contributed by atoms with Gasteiger partial charge in [0.1, 0.15) is 6.04 Å². The first-order chi connectivity index (χ1) is 12.6. The molecule has 3 rings (SSSR count). The Morgan fingerprint density at radius 2 is 1.65 bits per heavy atom. The van der Waals surface area contributed by atoms with E-state index in [-0.39, 0.29) is 11.8 Å². The van der Waals surface area contributed by atoms with Crippen molar-refractivity contribution in [3.63, 3.8) is 0 Å². The maximum Gasteiger partial charge on any atom is 0.265 e. The molecule has 2 aliphatic rings. The Morgan fingerprint density at radius 1 is 1.04 bits per heavy atom. The highest BCUT2D eigenvalue weighted by Gasteiger charge is 2.35. The largest absolute Gasteiger partial charge is 0.342 e. The normalized spacial score (nSPS) is 21.4. The molecule has 26 heavy (non-hydrogen) atoms. The van der Waals surface area contributed by atoms with E-state index in [1.807, 2.05) is 35.2 Å². The SMILES string of the molecule is CC1CCN(C(=O)C2CCN(C(C(=O)NO)c3ccccc3)CC2)CC1. The van der Waals surface area contributed by atoms with Gasteiger partial charge in [-0.3, -0.25) is 19.7 Å². The van der Waals surface area contributed by atoms with Gasteiger partial charge in [0.15, 0.2) is 0 Å². The lowest BCUT2D eigenvalue weighted by Gasteiger charge is -2.39. The van der Waals surface area contributed by atoms with Gasteiger partial charge < -0.3 is 4.90 Å². The maximum atomic E-state index is 12.8. The summed E-state index contributed by atoms with van der Waals surface area (Å²) in [6.07, 6.45) is 3.70. The minimum absolute atomic E-state index is 0.0493. The number of nitrogens with one attached hydrogen (secondary N) is 1. The molecule has 2 aliphatic heterocycles. The Balaban J connectivity index is 1.61. The van der Waals surface area contributed by atoms with Crippen LogP contribution in [-0.2, 0) is 9.59 Å². The molecule has 2 saturated heterocycles. The van der Waals surface area contributed by atoms with E-state index >= 15 is 0 Å². The van der Waals surface area contributed by atoms with Gasteiger partial charge in [0.2, 0.25) is 5.91 Å². The van der Waals surface area contributed by atoms with Gasteiger partial charge in [-0.15, -0.1) is 0 Å². The van der Waals surface area contributed by atoms with Crippen molar-refractivity contribution in [1.82, 2.24) is 15.3 Å². The van der Waals surface area contributed by atoms with Crippen molar-refractivity contribution in [3.05, 3.63) is 35.9 Å². The van der Waals surface area contributed by atoms with E-state index < -0.39 is 11.9 Å². The number of likely N-dealkylation sites (tertiary alicyclic amines) is 2. The topological polar surface area (TPSA) is 72.9 Å². The van der Waals surface area contributed by atoms with Crippen LogP contribution in [0.3, 0.4) is 0 Å². The third-order valence-electron chi connectivity index (χ3n) is 5.81. The monoisotopic (exact) mass is 359 g/mol. The number of nitrogens with zero attached hydrogens (tertiary/aromatic N) is 2. The lowest BCUT2D eigenvalue weighted by molar-refractivity contribution is -0.140. The summed E-state index contributed by atoms with van der Waals surface area (Å²) in [5.41, 5.74) is 2.65. The number of piperidine rings is 2. The Kier molecular flexibility index (Phi) is 6.27. The van der Waals surface area contributed by atoms with Gasteiger partial charge in [-0.05, 0) is 50.3 Å². The van der Waals surface area contributed by atoms with Crippen LogP contribution in [0, 0.1) is 11.8 Å². The van der Waals surface area contributed by atoms with Crippen LogP contribution in [0.5, 0.6) is 0 Å². The van der Waals surface area contributed by atoms with E-state index in [1.54, 1.807) is 5.48 Å². The van der Waals surface area contributed by atoms with E-state index in [9.17, 15) is 9.59 Å². The molecule has 6 nitrogen and oxygen atoms in total. The number of hydrogen-bond acceptors (Lipinski definition) is 4. The maximum absolute atomic E-state index is 12.8. The van der Waals surface area contributed by atoms with E-state index in [4.69, 9.17) is 5.21 Å². The van der Waals surface area contributed by atoms with Crippen LogP contribution < -0.4 is 5.48 Å². The van der Waals surface area contributed by atoms with Crippen LogP contribution in [0.15, 0.2) is 30.3 Å². The summed E-state index contributed by atoms with van der Waals surface area (Å²) in [6, 6.07) is 8.95. The van der Waals surface area contributed by atoms with Crippen LogP contribution in [-0.4, -0.2) is 53.0 Å². The van der Waals surface area contributed by atoms with Gasteiger partial charge in [0.25, 0.3) is 5.91 Å². The fourth-order valence-electron chi connectivity index (χ4n) is 4.12. The third-order valence-corrected chi connectivity index (χ3v) is 5.81. The fraction of sp³-hybridized carbons (Fsp3) is 0.600. The molecule has 0 radical (unpaired) electrons. The Labute approximate surface area is 155 Å². The number of benzene rings is 1. The molecule has 6 heteroatoms. The zero-order valence-corrected chi connectivity index (χ0v) is 15.4. The van der Waals surface area contributed by atoms with Gasteiger partial charge in [-0.1, -0.05) is 37.3 Å². The molecule has 0 bridgehead atoms. The lowest BCUT2D eigenvalue weighted by atomic mass is 9.91.